The molecule has 2 N–H and O–H groups in total. The molecule has 0 fully saturated rings. The molecule has 0 saturated heterocycles. The van der Waals surface area contributed by atoms with Crippen molar-refractivity contribution in [2.24, 2.45) is 0 Å². The highest BCUT2D eigenvalue weighted by Crippen LogP contribution is 2.13. The lowest BCUT2D eigenvalue weighted by Crippen LogP contribution is -2.27. The number of nitrogen functional groups attached to an aromatic ring is 1. The number of nitrogens with two attached hydrogens (primary N) is 1. The summed E-state index contributed by atoms with van der Waals surface area (Å²) in [5, 5.41) is 0. The molecule has 0 aliphatic rings. The fourth-order valence-electron chi connectivity index (χ4n) is 1.38. The molecule has 96 valence electrons. The summed E-state index contributed by atoms with van der Waals surface area (Å²) in [6.07, 6.45) is -0.0301. The van der Waals surface area contributed by atoms with Crippen LogP contribution in [-0.2, 0) is 9.47 Å². The van der Waals surface area contributed by atoms with Crippen LogP contribution in [0.2, 0.25) is 0 Å². The fourth-order valence-corrected chi connectivity index (χ4v) is 1.38. The van der Waals surface area contributed by atoms with E-state index in [0.717, 1.165) is 11.4 Å². The minimum atomic E-state index is -0.0301. The predicted molar refractivity (Wildman–Crippen MR) is 68.3 cm³/mol. The maximum absolute atomic E-state index is 5.61. The number of hydrogen-bond donors (Lipinski definition) is 1. The van der Waals surface area contributed by atoms with Crippen LogP contribution in [0.4, 0.5) is 5.69 Å². The van der Waals surface area contributed by atoms with Crippen molar-refractivity contribution in [2.45, 2.75) is 20.0 Å². The lowest BCUT2D eigenvalue weighted by Gasteiger charge is -2.17. The van der Waals surface area contributed by atoms with Crippen LogP contribution in [0.1, 0.15) is 13.8 Å². The summed E-state index contributed by atoms with van der Waals surface area (Å²) in [5.41, 5.74) is 6.33. The molecule has 1 rings (SSSR count). The van der Waals surface area contributed by atoms with E-state index in [-0.39, 0.29) is 6.10 Å². The van der Waals surface area contributed by atoms with Crippen molar-refractivity contribution in [1.82, 2.24) is 0 Å². The molecule has 1 aromatic rings. The largest absolute Gasteiger partial charge is 0.491 e. The highest BCUT2D eigenvalue weighted by Gasteiger charge is 2.09. The van der Waals surface area contributed by atoms with Crippen molar-refractivity contribution in [2.75, 3.05) is 32.2 Å². The number of anilines is 1. The summed E-state index contributed by atoms with van der Waals surface area (Å²) in [4.78, 5) is 0. The molecule has 17 heavy (non-hydrogen) atoms. The lowest BCUT2D eigenvalue weighted by atomic mass is 10.3. The van der Waals surface area contributed by atoms with E-state index < -0.39 is 0 Å². The van der Waals surface area contributed by atoms with Gasteiger partial charge in [0.1, 0.15) is 18.5 Å². The number of benzene rings is 1. The van der Waals surface area contributed by atoms with Gasteiger partial charge in [0.05, 0.1) is 6.61 Å². The van der Waals surface area contributed by atoms with Crippen molar-refractivity contribution in [3.05, 3.63) is 24.3 Å². The minimum Gasteiger partial charge on any atom is -0.491 e. The SMILES string of the molecule is CCOCC(COc1ccc(N)cc1)OCC. The van der Waals surface area contributed by atoms with Gasteiger partial charge in [-0.3, -0.25) is 0 Å². The Hall–Kier alpha value is -1.26. The maximum Gasteiger partial charge on any atom is 0.119 e. The van der Waals surface area contributed by atoms with E-state index in [1.165, 1.54) is 0 Å². The molecule has 0 aliphatic heterocycles. The van der Waals surface area contributed by atoms with E-state index in [4.69, 9.17) is 19.9 Å². The number of ether oxygens (including phenoxy) is 3. The highest BCUT2D eigenvalue weighted by molar-refractivity contribution is 5.41. The molecule has 4 heteroatoms. The van der Waals surface area contributed by atoms with Crippen molar-refractivity contribution >= 4 is 5.69 Å². The first-order chi connectivity index (χ1) is 8.26. The quantitative estimate of drug-likeness (QED) is 0.706. The summed E-state index contributed by atoms with van der Waals surface area (Å²) in [5.74, 6) is 0.792. The Balaban J connectivity index is 2.37. The van der Waals surface area contributed by atoms with Crippen LogP contribution in [0.3, 0.4) is 0 Å². The molecular formula is C13H21NO3. The molecule has 1 unspecified atom stereocenters. The highest BCUT2D eigenvalue weighted by atomic mass is 16.6. The zero-order valence-corrected chi connectivity index (χ0v) is 10.5. The lowest BCUT2D eigenvalue weighted by molar-refractivity contribution is -0.0302. The third-order valence-corrected chi connectivity index (χ3v) is 2.23. The van der Waals surface area contributed by atoms with Crippen molar-refractivity contribution in [3.63, 3.8) is 0 Å². The zero-order chi connectivity index (χ0) is 12.5. The summed E-state index contributed by atoms with van der Waals surface area (Å²) in [6.45, 7) is 6.30. The van der Waals surface area contributed by atoms with Crippen molar-refractivity contribution in [1.29, 1.82) is 0 Å². The molecule has 4 nitrogen and oxygen atoms in total. The Morgan fingerprint density at radius 3 is 2.35 bits per heavy atom. The molecular weight excluding hydrogens is 218 g/mol. The smallest absolute Gasteiger partial charge is 0.119 e. The first-order valence-electron chi connectivity index (χ1n) is 5.94. The van der Waals surface area contributed by atoms with E-state index >= 15 is 0 Å². The average molecular weight is 239 g/mol. The van der Waals surface area contributed by atoms with Crippen LogP contribution < -0.4 is 10.5 Å². The summed E-state index contributed by atoms with van der Waals surface area (Å²) < 4.78 is 16.5. The van der Waals surface area contributed by atoms with Gasteiger partial charge in [0.2, 0.25) is 0 Å². The van der Waals surface area contributed by atoms with Gasteiger partial charge in [0.25, 0.3) is 0 Å². The van der Waals surface area contributed by atoms with E-state index in [1.54, 1.807) is 0 Å². The van der Waals surface area contributed by atoms with Gasteiger partial charge in [-0.15, -0.1) is 0 Å². The molecule has 1 aromatic carbocycles. The van der Waals surface area contributed by atoms with Gasteiger partial charge in [-0.25, -0.2) is 0 Å². The standard InChI is InChI=1S/C13H21NO3/c1-3-15-9-13(16-4-2)10-17-12-7-5-11(14)6-8-12/h5-8,13H,3-4,9-10,14H2,1-2H3. The van der Waals surface area contributed by atoms with Crippen LogP contribution >= 0.6 is 0 Å². The number of rotatable bonds is 8. The van der Waals surface area contributed by atoms with Crippen LogP contribution in [-0.4, -0.2) is 32.5 Å². The van der Waals surface area contributed by atoms with Crippen LogP contribution in [0, 0.1) is 0 Å². The third kappa shape index (κ3) is 5.56. The first-order valence-corrected chi connectivity index (χ1v) is 5.94. The Morgan fingerprint density at radius 1 is 1.06 bits per heavy atom. The summed E-state index contributed by atoms with van der Waals surface area (Å²) >= 11 is 0. The maximum atomic E-state index is 5.61. The Bertz CT molecular complexity index is 300. The Kier molecular flexibility index (Phi) is 6.43. The van der Waals surface area contributed by atoms with E-state index in [1.807, 2.05) is 38.1 Å². The molecule has 0 bridgehead atoms. The molecule has 1 atom stereocenters. The topological polar surface area (TPSA) is 53.7 Å². The first kappa shape index (κ1) is 13.8. The normalized spacial score (nSPS) is 12.4. The predicted octanol–water partition coefficient (Wildman–Crippen LogP) is 2.09. The third-order valence-electron chi connectivity index (χ3n) is 2.23. The van der Waals surface area contributed by atoms with Gasteiger partial charge in [0, 0.05) is 18.9 Å². The van der Waals surface area contributed by atoms with Gasteiger partial charge in [-0.2, -0.15) is 0 Å². The second-order valence-corrected chi connectivity index (χ2v) is 3.62. The second-order valence-electron chi connectivity index (χ2n) is 3.62. The number of hydrogen-bond acceptors (Lipinski definition) is 4. The van der Waals surface area contributed by atoms with Gasteiger partial charge in [-0.1, -0.05) is 0 Å². The van der Waals surface area contributed by atoms with E-state index in [2.05, 4.69) is 0 Å². The van der Waals surface area contributed by atoms with E-state index in [0.29, 0.717) is 26.4 Å². The van der Waals surface area contributed by atoms with Crippen molar-refractivity contribution in [3.8, 4) is 5.75 Å². The molecule has 0 saturated carbocycles. The van der Waals surface area contributed by atoms with Crippen LogP contribution in [0.5, 0.6) is 5.75 Å². The van der Waals surface area contributed by atoms with Crippen molar-refractivity contribution < 1.29 is 14.2 Å². The Morgan fingerprint density at radius 2 is 1.76 bits per heavy atom. The molecule has 0 radical (unpaired) electrons. The molecule has 0 aromatic heterocycles. The van der Waals surface area contributed by atoms with Gasteiger partial charge >= 0.3 is 0 Å². The van der Waals surface area contributed by atoms with Gasteiger partial charge in [-0.05, 0) is 38.1 Å². The minimum absolute atomic E-state index is 0.0301. The Labute approximate surface area is 103 Å². The molecule has 0 amide bonds. The van der Waals surface area contributed by atoms with Gasteiger partial charge < -0.3 is 19.9 Å². The zero-order valence-electron chi connectivity index (χ0n) is 10.5. The molecule has 0 aliphatic carbocycles. The fraction of sp³-hybridized carbons (Fsp3) is 0.538. The average Bonchev–Trinajstić information content (AvgIpc) is 2.35. The molecule has 0 heterocycles. The van der Waals surface area contributed by atoms with E-state index in [9.17, 15) is 0 Å². The summed E-state index contributed by atoms with van der Waals surface area (Å²) in [7, 11) is 0. The molecule has 0 spiro atoms. The van der Waals surface area contributed by atoms with Crippen LogP contribution in [0.15, 0.2) is 24.3 Å². The van der Waals surface area contributed by atoms with Crippen LogP contribution in [0.25, 0.3) is 0 Å². The second kappa shape index (κ2) is 7.92. The van der Waals surface area contributed by atoms with Gasteiger partial charge in [0.15, 0.2) is 0 Å². The summed E-state index contributed by atoms with van der Waals surface area (Å²) in [6, 6.07) is 7.32. The monoisotopic (exact) mass is 239 g/mol.